The Bertz CT molecular complexity index is 556. The van der Waals surface area contributed by atoms with Crippen molar-refractivity contribution in [1.29, 1.82) is 0 Å². The molecule has 1 saturated carbocycles. The molecular weight excluding hydrogens is 341 g/mol. The summed E-state index contributed by atoms with van der Waals surface area (Å²) in [7, 11) is 0. The molecule has 0 atom stereocenters. The summed E-state index contributed by atoms with van der Waals surface area (Å²) in [5.74, 6) is -1.69. The van der Waals surface area contributed by atoms with E-state index in [0.717, 1.165) is 19.3 Å². The molecule has 0 unspecified atom stereocenters. The number of carbonyl (C=O) groups excluding carboxylic acids is 1. The summed E-state index contributed by atoms with van der Waals surface area (Å²) in [4.78, 5) is 23.7. The molecular formula is C15H17BrFNO3. The first-order chi connectivity index (χ1) is 9.94. The highest BCUT2D eigenvalue weighted by atomic mass is 79.9. The van der Waals surface area contributed by atoms with Crippen molar-refractivity contribution < 1.29 is 19.1 Å². The Balaban J connectivity index is 2.07. The smallest absolute Gasteiger partial charge is 0.311 e. The molecule has 1 amide bonds. The highest BCUT2D eigenvalue weighted by Crippen LogP contribution is 2.36. The van der Waals surface area contributed by atoms with Crippen LogP contribution in [0.3, 0.4) is 0 Å². The van der Waals surface area contributed by atoms with Gasteiger partial charge in [0, 0.05) is 11.0 Å². The van der Waals surface area contributed by atoms with E-state index in [1.165, 1.54) is 18.2 Å². The molecule has 114 valence electrons. The van der Waals surface area contributed by atoms with Crippen LogP contribution < -0.4 is 5.32 Å². The molecule has 1 aliphatic rings. The molecule has 0 saturated heterocycles. The fourth-order valence-electron chi connectivity index (χ4n) is 2.71. The minimum absolute atomic E-state index is 0.102. The molecule has 0 spiro atoms. The summed E-state index contributed by atoms with van der Waals surface area (Å²) >= 11 is 3.14. The van der Waals surface area contributed by atoms with Crippen LogP contribution in [0.4, 0.5) is 4.39 Å². The third-order valence-electron chi connectivity index (χ3n) is 4.03. The number of carboxylic acid groups (broad SMARTS) is 1. The van der Waals surface area contributed by atoms with Gasteiger partial charge in [-0.2, -0.15) is 0 Å². The van der Waals surface area contributed by atoms with E-state index in [1.807, 2.05) is 0 Å². The zero-order valence-electron chi connectivity index (χ0n) is 11.5. The highest BCUT2D eigenvalue weighted by molar-refractivity contribution is 9.10. The summed E-state index contributed by atoms with van der Waals surface area (Å²) < 4.78 is 13.4. The fraction of sp³-hybridized carbons (Fsp3) is 0.467. The first-order valence-corrected chi connectivity index (χ1v) is 7.71. The summed E-state index contributed by atoms with van der Waals surface area (Å²) in [6.45, 7) is 0.102. The summed E-state index contributed by atoms with van der Waals surface area (Å²) in [6.07, 6.45) is 3.91. The first-order valence-electron chi connectivity index (χ1n) is 6.91. The zero-order chi connectivity index (χ0) is 15.5. The average Bonchev–Trinajstić information content (AvgIpc) is 2.45. The molecule has 1 aromatic rings. The third kappa shape index (κ3) is 3.61. The molecule has 0 aliphatic heterocycles. The van der Waals surface area contributed by atoms with E-state index in [0.29, 0.717) is 22.9 Å². The van der Waals surface area contributed by atoms with E-state index in [-0.39, 0.29) is 6.54 Å². The van der Waals surface area contributed by atoms with Crippen LogP contribution in [-0.4, -0.2) is 23.5 Å². The maximum Gasteiger partial charge on any atom is 0.311 e. The standard InChI is InChI=1S/C15H17BrFNO3/c16-12-8-10(17)4-5-11(12)13(19)18-9-15(14(20)21)6-2-1-3-7-15/h4-5,8H,1-3,6-7,9H2,(H,18,19)(H,20,21). The van der Waals surface area contributed by atoms with Crippen molar-refractivity contribution in [3.05, 3.63) is 34.1 Å². The van der Waals surface area contributed by atoms with E-state index in [9.17, 15) is 19.1 Å². The number of benzene rings is 1. The van der Waals surface area contributed by atoms with E-state index < -0.39 is 23.1 Å². The van der Waals surface area contributed by atoms with Crippen LogP contribution in [0, 0.1) is 11.2 Å². The van der Waals surface area contributed by atoms with Crippen LogP contribution in [0.15, 0.2) is 22.7 Å². The number of hydrogen-bond acceptors (Lipinski definition) is 2. The molecule has 1 fully saturated rings. The lowest BCUT2D eigenvalue weighted by Crippen LogP contribution is -2.44. The van der Waals surface area contributed by atoms with Gasteiger partial charge >= 0.3 is 5.97 Å². The lowest BCUT2D eigenvalue weighted by molar-refractivity contribution is -0.150. The quantitative estimate of drug-likeness (QED) is 0.868. The molecule has 1 aliphatic carbocycles. The number of rotatable bonds is 4. The summed E-state index contributed by atoms with van der Waals surface area (Å²) in [5, 5.41) is 12.1. The maximum absolute atomic E-state index is 13.0. The Kier molecular flexibility index (Phi) is 4.98. The lowest BCUT2D eigenvalue weighted by atomic mass is 9.74. The van der Waals surface area contributed by atoms with Crippen LogP contribution in [0.25, 0.3) is 0 Å². The molecule has 21 heavy (non-hydrogen) atoms. The Morgan fingerprint density at radius 1 is 1.29 bits per heavy atom. The monoisotopic (exact) mass is 357 g/mol. The lowest BCUT2D eigenvalue weighted by Gasteiger charge is -2.33. The number of hydrogen-bond donors (Lipinski definition) is 2. The van der Waals surface area contributed by atoms with Gasteiger partial charge in [-0.15, -0.1) is 0 Å². The number of carboxylic acids is 1. The SMILES string of the molecule is O=C(NCC1(C(=O)O)CCCCC1)c1ccc(F)cc1Br. The van der Waals surface area contributed by atoms with Gasteiger partial charge in [0.25, 0.3) is 5.91 Å². The Labute approximate surface area is 130 Å². The van der Waals surface area contributed by atoms with Crippen LogP contribution in [-0.2, 0) is 4.79 Å². The van der Waals surface area contributed by atoms with Gasteiger partial charge in [0.1, 0.15) is 5.82 Å². The minimum atomic E-state index is -0.875. The van der Waals surface area contributed by atoms with Crippen molar-refractivity contribution in [3.8, 4) is 0 Å². The van der Waals surface area contributed by atoms with Gasteiger partial charge in [0.2, 0.25) is 0 Å². The van der Waals surface area contributed by atoms with Crippen molar-refractivity contribution in [2.75, 3.05) is 6.54 Å². The predicted molar refractivity (Wildman–Crippen MR) is 79.6 cm³/mol. The number of carbonyl (C=O) groups is 2. The second-order valence-corrected chi connectivity index (χ2v) is 6.31. The average molecular weight is 358 g/mol. The summed E-state index contributed by atoms with van der Waals surface area (Å²) in [5.41, 5.74) is -0.576. The first kappa shape index (κ1) is 15.9. The molecule has 1 aromatic carbocycles. The van der Waals surface area contributed by atoms with Crippen LogP contribution >= 0.6 is 15.9 Å². The molecule has 4 nitrogen and oxygen atoms in total. The van der Waals surface area contributed by atoms with E-state index in [2.05, 4.69) is 21.2 Å². The number of nitrogens with one attached hydrogen (secondary N) is 1. The minimum Gasteiger partial charge on any atom is -0.481 e. The van der Waals surface area contributed by atoms with E-state index in [1.54, 1.807) is 0 Å². The van der Waals surface area contributed by atoms with Crippen molar-refractivity contribution in [2.45, 2.75) is 32.1 Å². The number of aliphatic carboxylic acids is 1. The van der Waals surface area contributed by atoms with Gasteiger partial charge in [-0.05, 0) is 47.0 Å². The molecule has 2 rings (SSSR count). The molecule has 2 N–H and O–H groups in total. The second kappa shape index (κ2) is 6.56. The Hall–Kier alpha value is -1.43. The third-order valence-corrected chi connectivity index (χ3v) is 4.68. The van der Waals surface area contributed by atoms with Crippen LogP contribution in [0.5, 0.6) is 0 Å². The Morgan fingerprint density at radius 2 is 1.95 bits per heavy atom. The predicted octanol–water partition coefficient (Wildman–Crippen LogP) is 3.35. The fourth-order valence-corrected chi connectivity index (χ4v) is 3.24. The van der Waals surface area contributed by atoms with Crippen LogP contribution in [0.1, 0.15) is 42.5 Å². The van der Waals surface area contributed by atoms with Crippen molar-refractivity contribution in [2.24, 2.45) is 5.41 Å². The van der Waals surface area contributed by atoms with Crippen molar-refractivity contribution >= 4 is 27.8 Å². The van der Waals surface area contributed by atoms with Crippen molar-refractivity contribution in [3.63, 3.8) is 0 Å². The summed E-state index contributed by atoms with van der Waals surface area (Å²) in [6, 6.07) is 3.79. The van der Waals surface area contributed by atoms with Gasteiger partial charge in [-0.1, -0.05) is 19.3 Å². The molecule has 6 heteroatoms. The van der Waals surface area contributed by atoms with Gasteiger partial charge in [-0.3, -0.25) is 9.59 Å². The Morgan fingerprint density at radius 3 is 2.52 bits per heavy atom. The highest BCUT2D eigenvalue weighted by Gasteiger charge is 2.39. The number of halogens is 2. The molecule has 0 heterocycles. The normalized spacial score (nSPS) is 17.2. The van der Waals surface area contributed by atoms with E-state index >= 15 is 0 Å². The van der Waals surface area contributed by atoms with Gasteiger partial charge in [0.05, 0.1) is 11.0 Å². The molecule has 0 bridgehead atoms. The maximum atomic E-state index is 13.0. The zero-order valence-corrected chi connectivity index (χ0v) is 13.1. The largest absolute Gasteiger partial charge is 0.481 e. The van der Waals surface area contributed by atoms with Crippen LogP contribution in [0.2, 0.25) is 0 Å². The van der Waals surface area contributed by atoms with Gasteiger partial charge in [-0.25, -0.2) is 4.39 Å². The van der Waals surface area contributed by atoms with E-state index in [4.69, 9.17) is 0 Å². The topological polar surface area (TPSA) is 66.4 Å². The van der Waals surface area contributed by atoms with Gasteiger partial charge in [0.15, 0.2) is 0 Å². The molecule has 0 radical (unpaired) electrons. The van der Waals surface area contributed by atoms with Gasteiger partial charge < -0.3 is 10.4 Å². The second-order valence-electron chi connectivity index (χ2n) is 5.45. The van der Waals surface area contributed by atoms with Crippen molar-refractivity contribution in [1.82, 2.24) is 5.32 Å². The molecule has 0 aromatic heterocycles. The number of amides is 1.